The Morgan fingerprint density at radius 2 is 1.69 bits per heavy atom. The van der Waals surface area contributed by atoms with Crippen LogP contribution in [-0.4, -0.2) is 40.3 Å². The van der Waals surface area contributed by atoms with Gasteiger partial charge in [0.05, 0.1) is 13.1 Å². The Morgan fingerprint density at radius 1 is 1.10 bits per heavy atom. The Hall–Kier alpha value is -1.90. The average molecular weight is 439 g/mol. The molecule has 0 aliphatic heterocycles. The van der Waals surface area contributed by atoms with Crippen molar-refractivity contribution in [3.05, 3.63) is 44.8 Å². The van der Waals surface area contributed by atoms with Crippen LogP contribution in [0.4, 0.5) is 4.79 Å². The molecule has 0 saturated carbocycles. The summed E-state index contributed by atoms with van der Waals surface area (Å²) in [4.78, 5) is 29.7. The molecule has 0 aliphatic carbocycles. The first kappa shape index (κ1) is 23.4. The van der Waals surface area contributed by atoms with E-state index in [9.17, 15) is 9.59 Å². The van der Waals surface area contributed by atoms with Gasteiger partial charge < -0.3 is 20.1 Å². The standard InChI is InChI=1S/C21H30N2O4S2/c1-21(2,3)27-20(26)22-18(10-4-5-11-24)19(25)23(14-16-8-6-12-28-16)15-17-9-7-13-29-17/h6-9,12-13,18,24H,4-5,10-11,14-15H2,1-3H3,(H,22,26)/t18-/m0/s1. The fraction of sp³-hybridized carbons (Fsp3) is 0.524. The van der Waals surface area contributed by atoms with E-state index in [1.807, 2.05) is 35.0 Å². The summed E-state index contributed by atoms with van der Waals surface area (Å²) < 4.78 is 5.35. The number of aliphatic hydroxyl groups excluding tert-OH is 1. The Morgan fingerprint density at radius 3 is 2.14 bits per heavy atom. The van der Waals surface area contributed by atoms with E-state index < -0.39 is 17.7 Å². The number of hydrogen-bond donors (Lipinski definition) is 2. The number of amides is 2. The van der Waals surface area contributed by atoms with Gasteiger partial charge in [0.15, 0.2) is 0 Å². The fourth-order valence-electron chi connectivity index (χ4n) is 2.78. The van der Waals surface area contributed by atoms with Crippen molar-refractivity contribution in [1.82, 2.24) is 10.2 Å². The second kappa shape index (κ2) is 11.3. The zero-order chi connectivity index (χ0) is 21.3. The second-order valence-electron chi connectivity index (χ2n) is 7.77. The van der Waals surface area contributed by atoms with Crippen LogP contribution in [0.3, 0.4) is 0 Å². The van der Waals surface area contributed by atoms with Gasteiger partial charge >= 0.3 is 6.09 Å². The molecule has 6 nitrogen and oxygen atoms in total. The minimum atomic E-state index is -0.698. The van der Waals surface area contributed by atoms with Crippen LogP contribution >= 0.6 is 22.7 Å². The number of carbonyl (C=O) groups is 2. The van der Waals surface area contributed by atoms with Gasteiger partial charge in [0.25, 0.3) is 0 Å². The predicted molar refractivity (Wildman–Crippen MR) is 117 cm³/mol. The molecule has 2 aromatic heterocycles. The zero-order valence-corrected chi connectivity index (χ0v) is 18.9. The van der Waals surface area contributed by atoms with Crippen LogP contribution in [0.5, 0.6) is 0 Å². The van der Waals surface area contributed by atoms with Gasteiger partial charge in [-0.1, -0.05) is 12.1 Å². The summed E-state index contributed by atoms with van der Waals surface area (Å²) >= 11 is 3.20. The van der Waals surface area contributed by atoms with E-state index in [0.717, 1.165) is 9.75 Å². The fourth-order valence-corrected chi connectivity index (χ4v) is 4.22. The van der Waals surface area contributed by atoms with Crippen LogP contribution in [0.25, 0.3) is 0 Å². The van der Waals surface area contributed by atoms with Crippen molar-refractivity contribution in [1.29, 1.82) is 0 Å². The van der Waals surface area contributed by atoms with Crippen LogP contribution in [0.1, 0.15) is 49.8 Å². The molecule has 160 valence electrons. The van der Waals surface area contributed by atoms with Gasteiger partial charge in [-0.3, -0.25) is 4.79 Å². The first-order chi connectivity index (χ1) is 13.8. The summed E-state index contributed by atoms with van der Waals surface area (Å²) in [6.07, 6.45) is 1.06. The lowest BCUT2D eigenvalue weighted by Gasteiger charge is -2.28. The molecular formula is C21H30N2O4S2. The van der Waals surface area contributed by atoms with Crippen LogP contribution in [-0.2, 0) is 22.6 Å². The number of aliphatic hydroxyl groups is 1. The Balaban J connectivity index is 2.15. The number of hydrogen-bond acceptors (Lipinski definition) is 6. The lowest BCUT2D eigenvalue weighted by atomic mass is 10.1. The third-order valence-corrected chi connectivity index (χ3v) is 5.78. The second-order valence-corrected chi connectivity index (χ2v) is 9.84. The van der Waals surface area contributed by atoms with Crippen molar-refractivity contribution in [2.75, 3.05) is 6.61 Å². The van der Waals surface area contributed by atoms with E-state index in [4.69, 9.17) is 9.84 Å². The van der Waals surface area contributed by atoms with Crippen LogP contribution in [0, 0.1) is 0 Å². The number of nitrogens with zero attached hydrogens (tertiary/aromatic N) is 1. The average Bonchev–Trinajstić information content (AvgIpc) is 3.32. The minimum absolute atomic E-state index is 0.0570. The molecule has 2 heterocycles. The summed E-state index contributed by atoms with van der Waals surface area (Å²) in [5.41, 5.74) is -0.642. The van der Waals surface area contributed by atoms with Crippen molar-refractivity contribution >= 4 is 34.7 Å². The molecule has 0 unspecified atom stereocenters. The lowest BCUT2D eigenvalue weighted by molar-refractivity contribution is -0.135. The van der Waals surface area contributed by atoms with E-state index in [2.05, 4.69) is 5.32 Å². The molecule has 0 saturated heterocycles. The van der Waals surface area contributed by atoms with Gasteiger partial charge in [-0.2, -0.15) is 0 Å². The van der Waals surface area contributed by atoms with Crippen LogP contribution in [0.2, 0.25) is 0 Å². The first-order valence-corrected chi connectivity index (χ1v) is 11.5. The van der Waals surface area contributed by atoms with Crippen LogP contribution in [0.15, 0.2) is 35.0 Å². The molecule has 2 N–H and O–H groups in total. The highest BCUT2D eigenvalue weighted by atomic mass is 32.1. The highest BCUT2D eigenvalue weighted by Crippen LogP contribution is 2.19. The topological polar surface area (TPSA) is 78.9 Å². The molecule has 2 rings (SSSR count). The van der Waals surface area contributed by atoms with Gasteiger partial charge in [0.1, 0.15) is 11.6 Å². The summed E-state index contributed by atoms with van der Waals surface area (Å²) in [6, 6.07) is 7.23. The summed E-state index contributed by atoms with van der Waals surface area (Å²) in [5, 5.41) is 15.8. The van der Waals surface area contributed by atoms with Crippen molar-refractivity contribution < 1.29 is 19.4 Å². The van der Waals surface area contributed by atoms with E-state index in [-0.39, 0.29) is 12.5 Å². The zero-order valence-electron chi connectivity index (χ0n) is 17.2. The van der Waals surface area contributed by atoms with E-state index in [0.29, 0.717) is 32.4 Å². The van der Waals surface area contributed by atoms with Crippen molar-refractivity contribution in [3.63, 3.8) is 0 Å². The van der Waals surface area contributed by atoms with Gasteiger partial charge in [-0.15, -0.1) is 22.7 Å². The van der Waals surface area contributed by atoms with Crippen LogP contribution < -0.4 is 5.32 Å². The predicted octanol–water partition coefficient (Wildman–Crippen LogP) is 4.39. The number of carbonyl (C=O) groups excluding carboxylic acids is 2. The maximum atomic E-state index is 13.4. The molecule has 0 radical (unpaired) electrons. The molecular weight excluding hydrogens is 408 g/mol. The number of ether oxygens (including phenoxy) is 1. The number of rotatable bonds is 10. The SMILES string of the molecule is CC(C)(C)OC(=O)N[C@@H](CCCCO)C(=O)N(Cc1cccs1)Cc1cccs1. The summed E-state index contributed by atoms with van der Waals surface area (Å²) in [6.45, 7) is 6.39. The number of unbranched alkanes of at least 4 members (excludes halogenated alkanes) is 1. The first-order valence-electron chi connectivity index (χ1n) is 9.72. The van der Waals surface area contributed by atoms with Crippen molar-refractivity contribution in [3.8, 4) is 0 Å². The largest absolute Gasteiger partial charge is 0.444 e. The molecule has 8 heteroatoms. The van der Waals surface area contributed by atoms with Gasteiger partial charge in [-0.05, 0) is 62.9 Å². The molecule has 0 bridgehead atoms. The summed E-state index contributed by atoms with van der Waals surface area (Å²) in [7, 11) is 0. The highest BCUT2D eigenvalue weighted by molar-refractivity contribution is 7.10. The molecule has 29 heavy (non-hydrogen) atoms. The smallest absolute Gasteiger partial charge is 0.408 e. The molecule has 2 amide bonds. The number of thiophene rings is 2. The van der Waals surface area contributed by atoms with E-state index in [1.54, 1.807) is 48.3 Å². The molecule has 0 spiro atoms. The van der Waals surface area contributed by atoms with Gasteiger partial charge in [0, 0.05) is 16.4 Å². The normalized spacial score (nSPS) is 12.4. The molecule has 0 fully saturated rings. The van der Waals surface area contributed by atoms with E-state index >= 15 is 0 Å². The Bertz CT molecular complexity index is 703. The number of nitrogens with one attached hydrogen (secondary N) is 1. The third kappa shape index (κ3) is 8.55. The molecule has 2 aromatic rings. The maximum Gasteiger partial charge on any atom is 0.408 e. The van der Waals surface area contributed by atoms with E-state index in [1.165, 1.54) is 0 Å². The molecule has 1 atom stereocenters. The van der Waals surface area contributed by atoms with Crippen molar-refractivity contribution in [2.24, 2.45) is 0 Å². The third-order valence-electron chi connectivity index (χ3n) is 4.06. The molecule has 0 aromatic carbocycles. The monoisotopic (exact) mass is 438 g/mol. The quantitative estimate of drug-likeness (QED) is 0.539. The maximum absolute atomic E-state index is 13.4. The molecule has 0 aliphatic rings. The Labute approximate surface area is 180 Å². The number of alkyl carbamates (subject to hydrolysis) is 1. The summed E-state index contributed by atoms with van der Waals surface area (Å²) in [5.74, 6) is -0.143. The lowest BCUT2D eigenvalue weighted by Crippen LogP contribution is -2.49. The highest BCUT2D eigenvalue weighted by Gasteiger charge is 2.28. The Kier molecular flexibility index (Phi) is 9.13. The van der Waals surface area contributed by atoms with Gasteiger partial charge in [0.2, 0.25) is 5.91 Å². The van der Waals surface area contributed by atoms with Gasteiger partial charge in [-0.25, -0.2) is 4.79 Å². The van der Waals surface area contributed by atoms with Crippen molar-refractivity contribution in [2.45, 2.75) is 64.8 Å². The minimum Gasteiger partial charge on any atom is -0.444 e.